The van der Waals surface area contributed by atoms with Crippen molar-refractivity contribution in [3.05, 3.63) is 35.4 Å². The first-order valence-electron chi connectivity index (χ1n) is 8.06. The molecule has 0 aromatic heterocycles. The molecule has 0 saturated carbocycles. The van der Waals surface area contributed by atoms with Crippen molar-refractivity contribution in [1.82, 2.24) is 9.80 Å². The van der Waals surface area contributed by atoms with Crippen LogP contribution in [0.1, 0.15) is 38.8 Å². The van der Waals surface area contributed by atoms with Gasteiger partial charge < -0.3 is 9.64 Å². The van der Waals surface area contributed by atoms with Gasteiger partial charge in [0.1, 0.15) is 5.60 Å². The summed E-state index contributed by atoms with van der Waals surface area (Å²) in [6.07, 6.45) is 5.16. The van der Waals surface area contributed by atoms with E-state index in [1.54, 1.807) is 0 Å². The fourth-order valence-corrected chi connectivity index (χ4v) is 2.73. The molecule has 124 valence electrons. The Hall–Kier alpha value is -1.99. The van der Waals surface area contributed by atoms with Crippen LogP contribution >= 0.6 is 0 Å². The lowest BCUT2D eigenvalue weighted by atomic mass is 10.1. The number of carbonyl (C=O) groups excluding carboxylic acids is 1. The number of amides is 1. The monoisotopic (exact) mass is 314 g/mol. The number of hydrogen-bond donors (Lipinski definition) is 0. The summed E-state index contributed by atoms with van der Waals surface area (Å²) in [5.74, 6) is 2.63. The van der Waals surface area contributed by atoms with Gasteiger partial charge in [0.15, 0.2) is 0 Å². The van der Waals surface area contributed by atoms with Crippen molar-refractivity contribution in [2.45, 2.75) is 45.9 Å². The topological polar surface area (TPSA) is 32.8 Å². The predicted molar refractivity (Wildman–Crippen MR) is 92.1 cm³/mol. The van der Waals surface area contributed by atoms with Crippen LogP contribution in [-0.2, 0) is 11.3 Å². The van der Waals surface area contributed by atoms with Crippen LogP contribution in [0.25, 0.3) is 0 Å². The summed E-state index contributed by atoms with van der Waals surface area (Å²) in [4.78, 5) is 16.4. The molecule has 1 fully saturated rings. The minimum absolute atomic E-state index is 0.142. The summed E-state index contributed by atoms with van der Waals surface area (Å²) in [5.41, 5.74) is 1.69. The second-order valence-electron chi connectivity index (χ2n) is 7.10. The first-order chi connectivity index (χ1) is 10.8. The zero-order chi connectivity index (χ0) is 17.0. The van der Waals surface area contributed by atoms with Crippen LogP contribution in [0.4, 0.5) is 4.79 Å². The number of hydrogen-bond acceptors (Lipinski definition) is 3. The van der Waals surface area contributed by atoms with E-state index in [0.717, 1.165) is 25.2 Å². The van der Waals surface area contributed by atoms with E-state index in [2.05, 4.69) is 29.9 Å². The van der Waals surface area contributed by atoms with Gasteiger partial charge in [0.2, 0.25) is 0 Å². The Morgan fingerprint density at radius 1 is 1.30 bits per heavy atom. The summed E-state index contributed by atoms with van der Waals surface area (Å²) >= 11 is 0. The van der Waals surface area contributed by atoms with Crippen LogP contribution in [0.2, 0.25) is 0 Å². The molecule has 0 spiro atoms. The zero-order valence-corrected chi connectivity index (χ0v) is 14.5. The number of piperazine rings is 1. The molecule has 1 aromatic rings. The van der Waals surface area contributed by atoms with Crippen molar-refractivity contribution in [2.75, 3.05) is 19.6 Å². The molecule has 1 atom stereocenters. The molecule has 0 unspecified atom stereocenters. The molecule has 4 nitrogen and oxygen atoms in total. The lowest BCUT2D eigenvalue weighted by Gasteiger charge is -2.40. The van der Waals surface area contributed by atoms with Crippen molar-refractivity contribution in [2.24, 2.45) is 0 Å². The molecule has 1 saturated heterocycles. The summed E-state index contributed by atoms with van der Waals surface area (Å²) in [6.45, 7) is 11.0. The minimum atomic E-state index is -0.452. The van der Waals surface area contributed by atoms with Crippen molar-refractivity contribution in [3.63, 3.8) is 0 Å². The molecule has 0 aliphatic carbocycles. The third kappa shape index (κ3) is 5.01. The quantitative estimate of drug-likeness (QED) is 0.786. The minimum Gasteiger partial charge on any atom is -0.444 e. The smallest absolute Gasteiger partial charge is 0.410 e. The van der Waals surface area contributed by atoms with Crippen LogP contribution in [0.3, 0.4) is 0 Å². The van der Waals surface area contributed by atoms with Gasteiger partial charge in [-0.15, -0.1) is 6.42 Å². The molecule has 4 heteroatoms. The van der Waals surface area contributed by atoms with E-state index in [0.29, 0.717) is 6.54 Å². The van der Waals surface area contributed by atoms with Gasteiger partial charge >= 0.3 is 6.09 Å². The standard InChI is InChI=1S/C19H26N2O2/c1-6-16-7-9-17(10-8-16)14-20-11-12-21(15(2)13-20)18(22)23-19(3,4)5/h1,7-10,15H,11-14H2,2-5H3/t15-/m0/s1. The highest BCUT2D eigenvalue weighted by Gasteiger charge is 2.30. The van der Waals surface area contributed by atoms with Crippen molar-refractivity contribution in [1.29, 1.82) is 0 Å². The van der Waals surface area contributed by atoms with Crippen molar-refractivity contribution >= 4 is 6.09 Å². The number of benzene rings is 1. The van der Waals surface area contributed by atoms with Gasteiger partial charge in [-0.2, -0.15) is 0 Å². The van der Waals surface area contributed by atoms with Crippen molar-refractivity contribution in [3.8, 4) is 12.3 Å². The van der Waals surface area contributed by atoms with Gasteiger partial charge in [0.05, 0.1) is 0 Å². The summed E-state index contributed by atoms with van der Waals surface area (Å²) in [5, 5.41) is 0. The maximum atomic E-state index is 12.2. The van der Waals surface area contributed by atoms with E-state index < -0.39 is 5.60 Å². The highest BCUT2D eigenvalue weighted by Crippen LogP contribution is 2.17. The van der Waals surface area contributed by atoms with Gasteiger partial charge in [-0.3, -0.25) is 4.90 Å². The first-order valence-corrected chi connectivity index (χ1v) is 8.06. The molecule has 0 N–H and O–H groups in total. The summed E-state index contributed by atoms with van der Waals surface area (Å²) in [7, 11) is 0. The number of rotatable bonds is 2. The molecule has 1 aromatic carbocycles. The van der Waals surface area contributed by atoms with E-state index in [9.17, 15) is 4.79 Å². The summed E-state index contributed by atoms with van der Waals surface area (Å²) < 4.78 is 5.48. The molecule has 23 heavy (non-hydrogen) atoms. The fourth-order valence-electron chi connectivity index (χ4n) is 2.73. The Bertz CT molecular complexity index is 581. The van der Waals surface area contributed by atoms with Crippen LogP contribution in [-0.4, -0.2) is 47.2 Å². The maximum absolute atomic E-state index is 12.2. The molecule has 1 aliphatic heterocycles. The average molecular weight is 314 g/mol. The Labute approximate surface area is 139 Å². The SMILES string of the molecule is C#Cc1ccc(CN2CCN(C(=O)OC(C)(C)C)[C@@H](C)C2)cc1. The van der Waals surface area contributed by atoms with Crippen LogP contribution in [0.5, 0.6) is 0 Å². The molecular formula is C19H26N2O2. The van der Waals surface area contributed by atoms with E-state index >= 15 is 0 Å². The molecule has 1 amide bonds. The average Bonchev–Trinajstić information content (AvgIpc) is 2.46. The van der Waals surface area contributed by atoms with E-state index in [4.69, 9.17) is 11.2 Å². The summed E-state index contributed by atoms with van der Waals surface area (Å²) in [6, 6.07) is 8.22. The molecular weight excluding hydrogens is 288 g/mol. The molecule has 1 heterocycles. The zero-order valence-electron chi connectivity index (χ0n) is 14.5. The lowest BCUT2D eigenvalue weighted by Crippen LogP contribution is -2.54. The highest BCUT2D eigenvalue weighted by molar-refractivity contribution is 5.68. The number of ether oxygens (including phenoxy) is 1. The van der Waals surface area contributed by atoms with E-state index in [1.165, 1.54) is 5.56 Å². The lowest BCUT2D eigenvalue weighted by molar-refractivity contribution is 0.000563. The van der Waals surface area contributed by atoms with Crippen molar-refractivity contribution < 1.29 is 9.53 Å². The third-order valence-corrected chi connectivity index (χ3v) is 3.87. The maximum Gasteiger partial charge on any atom is 0.410 e. The first kappa shape index (κ1) is 17.4. The van der Waals surface area contributed by atoms with Crippen LogP contribution in [0, 0.1) is 12.3 Å². The third-order valence-electron chi connectivity index (χ3n) is 3.87. The van der Waals surface area contributed by atoms with Crippen LogP contribution < -0.4 is 0 Å². The van der Waals surface area contributed by atoms with Gasteiger partial charge in [-0.25, -0.2) is 4.79 Å². The predicted octanol–water partition coefficient (Wildman–Crippen LogP) is 3.11. The largest absolute Gasteiger partial charge is 0.444 e. The normalized spacial score (nSPS) is 19.3. The number of carbonyl (C=O) groups is 1. The van der Waals surface area contributed by atoms with Gasteiger partial charge in [-0.05, 0) is 45.4 Å². The fraction of sp³-hybridized carbons (Fsp3) is 0.526. The van der Waals surface area contributed by atoms with Crippen LogP contribution in [0.15, 0.2) is 24.3 Å². The number of terminal acetylenes is 1. The second-order valence-corrected chi connectivity index (χ2v) is 7.10. The second kappa shape index (κ2) is 7.06. The Kier molecular flexibility index (Phi) is 5.33. The molecule has 2 rings (SSSR count). The van der Waals surface area contributed by atoms with Gasteiger partial charge in [0.25, 0.3) is 0 Å². The van der Waals surface area contributed by atoms with Gasteiger partial charge in [0, 0.05) is 37.8 Å². The number of nitrogens with zero attached hydrogens (tertiary/aromatic N) is 2. The molecule has 1 aliphatic rings. The van der Waals surface area contributed by atoms with E-state index in [1.807, 2.05) is 37.8 Å². The molecule has 0 bridgehead atoms. The Morgan fingerprint density at radius 2 is 1.96 bits per heavy atom. The highest BCUT2D eigenvalue weighted by atomic mass is 16.6. The van der Waals surface area contributed by atoms with Gasteiger partial charge in [-0.1, -0.05) is 18.1 Å². The van der Waals surface area contributed by atoms with E-state index in [-0.39, 0.29) is 12.1 Å². The Morgan fingerprint density at radius 3 is 2.48 bits per heavy atom. The molecule has 0 radical (unpaired) electrons. The Balaban J connectivity index is 1.90.